The van der Waals surface area contributed by atoms with Crippen LogP contribution in [0.1, 0.15) is 22.2 Å². The van der Waals surface area contributed by atoms with Gasteiger partial charge in [-0.1, -0.05) is 23.7 Å². The van der Waals surface area contributed by atoms with Crippen molar-refractivity contribution in [1.82, 2.24) is 0 Å². The lowest BCUT2D eigenvalue weighted by Crippen LogP contribution is -2.10. The molecule has 29 heavy (non-hydrogen) atoms. The molecule has 7 nitrogen and oxygen atoms in total. The molecule has 0 radical (unpaired) electrons. The normalized spacial score (nSPS) is 10.7. The number of non-ortho nitro benzene ring substituents is 1. The number of thiophene rings is 1. The minimum atomic E-state index is -0.619. The smallest absolute Gasteiger partial charge is 0.350 e. The van der Waals surface area contributed by atoms with Crippen molar-refractivity contribution < 1.29 is 19.2 Å². The van der Waals surface area contributed by atoms with Gasteiger partial charge >= 0.3 is 5.97 Å². The molecule has 0 saturated carbocycles. The molecule has 150 valence electrons. The van der Waals surface area contributed by atoms with E-state index < -0.39 is 10.9 Å². The van der Waals surface area contributed by atoms with Crippen molar-refractivity contribution in [3.8, 4) is 0 Å². The molecule has 2 aromatic carbocycles. The summed E-state index contributed by atoms with van der Waals surface area (Å²) >= 11 is 8.33. The average molecular weight is 451 g/mol. The number of thioether (sulfide) groups is 1. The Bertz CT molecular complexity index is 1110. The first-order valence-electron chi connectivity index (χ1n) is 8.28. The van der Waals surface area contributed by atoms with E-state index in [1.165, 1.54) is 37.9 Å². The minimum Gasteiger partial charge on any atom is -0.465 e. The van der Waals surface area contributed by atoms with Gasteiger partial charge in [-0.25, -0.2) is 4.79 Å². The van der Waals surface area contributed by atoms with Crippen LogP contribution >= 0.6 is 34.7 Å². The molecule has 3 rings (SSSR count). The standard InChI is InChI=1S/C19H15ClN2O5S2/c1-10(23)21-17-16-14(28-9-11-3-5-12(20)6-4-11)7-13(22(25)26)8-15(16)29-18(17)19(24)27-2/h3-8H,9H2,1-2H3,(H,21,23). The van der Waals surface area contributed by atoms with Gasteiger partial charge in [0.15, 0.2) is 0 Å². The van der Waals surface area contributed by atoms with Gasteiger partial charge in [0.25, 0.3) is 5.69 Å². The summed E-state index contributed by atoms with van der Waals surface area (Å²) in [5.41, 5.74) is 1.18. The number of ether oxygens (including phenoxy) is 1. The van der Waals surface area contributed by atoms with Gasteiger partial charge in [0.1, 0.15) is 4.88 Å². The molecule has 3 aromatic rings. The lowest BCUT2D eigenvalue weighted by Gasteiger charge is -2.08. The van der Waals surface area contributed by atoms with E-state index in [1.807, 2.05) is 12.1 Å². The highest BCUT2D eigenvalue weighted by atomic mass is 35.5. The Balaban J connectivity index is 2.14. The number of carbonyl (C=O) groups excluding carboxylic acids is 2. The highest BCUT2D eigenvalue weighted by Crippen LogP contribution is 2.44. The van der Waals surface area contributed by atoms with Gasteiger partial charge in [0, 0.05) is 44.8 Å². The summed E-state index contributed by atoms with van der Waals surface area (Å²) in [6.45, 7) is 1.33. The van der Waals surface area contributed by atoms with Crippen LogP contribution < -0.4 is 5.32 Å². The molecule has 0 fully saturated rings. The van der Waals surface area contributed by atoms with E-state index in [0.717, 1.165) is 16.9 Å². The number of methoxy groups -OCH3 is 1. The zero-order valence-electron chi connectivity index (χ0n) is 15.4. The summed E-state index contributed by atoms with van der Waals surface area (Å²) in [4.78, 5) is 35.6. The Hall–Kier alpha value is -2.62. The summed E-state index contributed by atoms with van der Waals surface area (Å²) < 4.78 is 5.33. The predicted octanol–water partition coefficient (Wildman–Crippen LogP) is 5.50. The number of amides is 1. The van der Waals surface area contributed by atoms with Gasteiger partial charge in [-0.05, 0) is 17.7 Å². The molecule has 1 amide bonds. The summed E-state index contributed by atoms with van der Waals surface area (Å²) in [5.74, 6) is -0.454. The van der Waals surface area contributed by atoms with E-state index in [9.17, 15) is 19.7 Å². The van der Waals surface area contributed by atoms with Gasteiger partial charge in [0.05, 0.1) is 17.7 Å². The van der Waals surface area contributed by atoms with E-state index in [1.54, 1.807) is 12.1 Å². The van der Waals surface area contributed by atoms with Crippen LogP contribution in [-0.4, -0.2) is 23.9 Å². The third-order valence-corrected chi connectivity index (χ3v) is 6.41. The van der Waals surface area contributed by atoms with Crippen LogP contribution in [0.15, 0.2) is 41.3 Å². The Morgan fingerprint density at radius 2 is 1.97 bits per heavy atom. The molecular formula is C19H15ClN2O5S2. The second-order valence-corrected chi connectivity index (χ2v) is 8.47. The molecular weight excluding hydrogens is 436 g/mol. The molecule has 0 aliphatic rings. The Morgan fingerprint density at radius 1 is 1.28 bits per heavy atom. The molecule has 0 saturated heterocycles. The van der Waals surface area contributed by atoms with Crippen LogP contribution in [0.4, 0.5) is 11.4 Å². The van der Waals surface area contributed by atoms with E-state index in [4.69, 9.17) is 16.3 Å². The predicted molar refractivity (Wildman–Crippen MR) is 115 cm³/mol. The summed E-state index contributed by atoms with van der Waals surface area (Å²) in [6, 6.07) is 10.1. The van der Waals surface area contributed by atoms with Gasteiger partial charge in [-0.2, -0.15) is 0 Å². The van der Waals surface area contributed by atoms with E-state index in [-0.39, 0.29) is 16.5 Å². The van der Waals surface area contributed by atoms with E-state index in [2.05, 4.69) is 5.32 Å². The van der Waals surface area contributed by atoms with Crippen molar-refractivity contribution in [3.63, 3.8) is 0 Å². The lowest BCUT2D eigenvalue weighted by molar-refractivity contribution is -0.384. The van der Waals surface area contributed by atoms with Gasteiger partial charge in [0.2, 0.25) is 5.91 Å². The highest BCUT2D eigenvalue weighted by molar-refractivity contribution is 7.98. The SMILES string of the molecule is COC(=O)c1sc2cc([N+](=O)[O-])cc(SCc3ccc(Cl)cc3)c2c1NC(C)=O. The van der Waals surface area contributed by atoms with Crippen LogP contribution in [0.5, 0.6) is 0 Å². The number of fused-ring (bicyclic) bond motifs is 1. The van der Waals surface area contributed by atoms with Crippen LogP contribution in [0.25, 0.3) is 10.1 Å². The molecule has 10 heteroatoms. The van der Waals surface area contributed by atoms with Gasteiger partial charge in [-0.3, -0.25) is 14.9 Å². The molecule has 0 unspecified atom stereocenters. The fourth-order valence-corrected chi connectivity index (χ4v) is 5.07. The Labute approximate surface area is 179 Å². The number of hydrogen-bond acceptors (Lipinski definition) is 7. The number of anilines is 1. The van der Waals surface area contributed by atoms with Crippen LogP contribution in [-0.2, 0) is 15.3 Å². The zero-order valence-corrected chi connectivity index (χ0v) is 17.7. The summed E-state index contributed by atoms with van der Waals surface area (Å²) in [5, 5.41) is 15.3. The fourth-order valence-electron chi connectivity index (χ4n) is 2.67. The minimum absolute atomic E-state index is 0.0943. The van der Waals surface area contributed by atoms with Gasteiger partial charge in [-0.15, -0.1) is 23.1 Å². The number of nitrogens with zero attached hydrogens (tertiary/aromatic N) is 1. The van der Waals surface area contributed by atoms with Crippen LogP contribution in [0, 0.1) is 10.1 Å². The first-order valence-corrected chi connectivity index (χ1v) is 10.5. The monoisotopic (exact) mass is 450 g/mol. The first-order chi connectivity index (χ1) is 13.8. The molecule has 1 aromatic heterocycles. The van der Waals surface area contributed by atoms with Crippen molar-refractivity contribution in [2.45, 2.75) is 17.6 Å². The molecule has 0 aliphatic heterocycles. The number of nitro groups is 1. The second kappa shape index (κ2) is 8.81. The second-order valence-electron chi connectivity index (χ2n) is 5.97. The molecule has 0 atom stereocenters. The fraction of sp³-hybridized carbons (Fsp3) is 0.158. The van der Waals surface area contributed by atoms with Crippen LogP contribution in [0.3, 0.4) is 0 Å². The maximum absolute atomic E-state index is 12.2. The number of rotatable bonds is 6. The number of nitrogens with one attached hydrogen (secondary N) is 1. The number of carbonyl (C=O) groups is 2. The van der Waals surface area contributed by atoms with Crippen LogP contribution in [0.2, 0.25) is 5.02 Å². The van der Waals surface area contributed by atoms with Crippen molar-refractivity contribution in [3.05, 3.63) is 62.0 Å². The van der Waals surface area contributed by atoms with Crippen molar-refractivity contribution >= 4 is 68.0 Å². The van der Waals surface area contributed by atoms with Crippen molar-refractivity contribution in [2.75, 3.05) is 12.4 Å². The number of hydrogen-bond donors (Lipinski definition) is 1. The first kappa shape index (κ1) is 21.1. The third-order valence-electron chi connectivity index (χ3n) is 3.93. The number of esters is 1. The molecule has 1 N–H and O–H groups in total. The molecule has 0 aliphatic carbocycles. The zero-order chi connectivity index (χ0) is 21.1. The molecule has 1 heterocycles. The third kappa shape index (κ3) is 4.69. The maximum Gasteiger partial charge on any atom is 0.350 e. The highest BCUT2D eigenvalue weighted by Gasteiger charge is 2.25. The van der Waals surface area contributed by atoms with E-state index in [0.29, 0.717) is 31.4 Å². The quantitative estimate of drug-likeness (QED) is 0.230. The summed E-state index contributed by atoms with van der Waals surface area (Å²) in [6.07, 6.45) is 0. The topological polar surface area (TPSA) is 98.5 Å². The molecule has 0 bridgehead atoms. The van der Waals surface area contributed by atoms with Crippen molar-refractivity contribution in [2.24, 2.45) is 0 Å². The van der Waals surface area contributed by atoms with E-state index >= 15 is 0 Å². The number of halogens is 1. The largest absolute Gasteiger partial charge is 0.465 e. The lowest BCUT2D eigenvalue weighted by atomic mass is 10.2. The number of benzene rings is 2. The average Bonchev–Trinajstić information content (AvgIpc) is 3.04. The maximum atomic E-state index is 12.2. The van der Waals surface area contributed by atoms with Crippen molar-refractivity contribution in [1.29, 1.82) is 0 Å². The summed E-state index contributed by atoms with van der Waals surface area (Å²) in [7, 11) is 1.24. The number of nitro benzene ring substituents is 1. The Kier molecular flexibility index (Phi) is 6.41. The van der Waals surface area contributed by atoms with Gasteiger partial charge < -0.3 is 10.1 Å². The Morgan fingerprint density at radius 3 is 2.55 bits per heavy atom. The molecule has 0 spiro atoms.